The Balaban J connectivity index is 1.62. The summed E-state index contributed by atoms with van der Waals surface area (Å²) in [7, 11) is 0. The minimum absolute atomic E-state index is 0.309. The average molecular weight is 538 g/mol. The number of rotatable bonds is 5. The van der Waals surface area contributed by atoms with Gasteiger partial charge in [0, 0.05) is 16.5 Å². The summed E-state index contributed by atoms with van der Waals surface area (Å²) in [6, 6.07) is 30.2. The zero-order chi connectivity index (χ0) is 28.4. The number of pyridine rings is 1. The van der Waals surface area contributed by atoms with Crippen molar-refractivity contribution in [3.05, 3.63) is 102 Å². The van der Waals surface area contributed by atoms with Gasteiger partial charge < -0.3 is 4.42 Å². The largest absolute Gasteiger partial charge is 0.437 e. The van der Waals surface area contributed by atoms with Crippen LogP contribution in [0.5, 0.6) is 0 Å². The van der Waals surface area contributed by atoms with Crippen LogP contribution in [0.15, 0.2) is 89.3 Å². The van der Waals surface area contributed by atoms with Gasteiger partial charge in [0.25, 0.3) is 0 Å². The van der Waals surface area contributed by atoms with E-state index in [-0.39, 0.29) is 0 Å². The number of hydrogen-bond acceptors (Lipinski definition) is 3. The molecular weight excluding hydrogens is 502 g/mol. The van der Waals surface area contributed by atoms with E-state index in [9.17, 15) is 0 Å². The highest BCUT2D eigenvalue weighted by atomic mass is 16.3. The minimum atomic E-state index is 0.309. The van der Waals surface area contributed by atoms with Crippen LogP contribution in [0.3, 0.4) is 0 Å². The lowest BCUT2D eigenvalue weighted by Gasteiger charge is -2.25. The summed E-state index contributed by atoms with van der Waals surface area (Å²) in [4.78, 5) is 10.2. The predicted octanol–water partition coefficient (Wildman–Crippen LogP) is 10.5. The number of para-hydroxylation sites is 3. The van der Waals surface area contributed by atoms with Gasteiger partial charge in [-0.05, 0) is 76.1 Å². The summed E-state index contributed by atoms with van der Waals surface area (Å²) < 4.78 is 8.97. The van der Waals surface area contributed by atoms with Gasteiger partial charge in [0.05, 0.1) is 22.3 Å². The molecule has 0 unspecified atom stereocenters. The fourth-order valence-corrected chi connectivity index (χ4v) is 6.29. The molecule has 0 aliphatic heterocycles. The molecule has 0 bridgehead atoms. The third kappa shape index (κ3) is 3.96. The van der Waals surface area contributed by atoms with Gasteiger partial charge in [-0.15, -0.1) is 0 Å². The quantitative estimate of drug-likeness (QED) is 0.219. The predicted molar refractivity (Wildman–Crippen MR) is 171 cm³/mol. The summed E-state index contributed by atoms with van der Waals surface area (Å²) in [5.41, 5.74) is 9.45. The first-order chi connectivity index (χ1) is 19.8. The minimum Gasteiger partial charge on any atom is -0.437 e. The Hall–Kier alpha value is -4.44. The number of nitrogens with zero attached hydrogens (tertiary/aromatic N) is 3. The molecule has 0 fully saturated rings. The molecule has 0 saturated carbocycles. The molecule has 0 radical (unpaired) electrons. The molecule has 3 heterocycles. The van der Waals surface area contributed by atoms with Gasteiger partial charge in [-0.1, -0.05) is 90.1 Å². The number of imidazole rings is 1. The number of benzene rings is 4. The van der Waals surface area contributed by atoms with Crippen LogP contribution < -0.4 is 0 Å². The first-order valence-corrected chi connectivity index (χ1v) is 14.7. The maximum Gasteiger partial charge on any atom is 0.227 e. The smallest absolute Gasteiger partial charge is 0.227 e. The Morgan fingerprint density at radius 2 is 1.41 bits per heavy atom. The van der Waals surface area contributed by atoms with Gasteiger partial charge in [-0.25, -0.2) is 9.97 Å². The molecule has 0 spiro atoms. The molecule has 4 nitrogen and oxygen atoms in total. The summed E-state index contributed by atoms with van der Waals surface area (Å²) in [6.45, 7) is 13.5. The Bertz CT molecular complexity index is 2090. The first kappa shape index (κ1) is 25.5. The van der Waals surface area contributed by atoms with Crippen LogP contribution in [0.1, 0.15) is 76.1 Å². The second-order valence-corrected chi connectivity index (χ2v) is 12.0. The molecule has 0 atom stereocenters. The first-order valence-electron chi connectivity index (χ1n) is 14.7. The van der Waals surface area contributed by atoms with E-state index in [0.717, 1.165) is 44.5 Å². The maximum absolute atomic E-state index is 6.58. The molecule has 0 N–H and O–H groups in total. The highest BCUT2D eigenvalue weighted by Gasteiger charge is 2.26. The summed E-state index contributed by atoms with van der Waals surface area (Å²) in [6.07, 6.45) is 0. The van der Waals surface area contributed by atoms with Crippen molar-refractivity contribution in [1.29, 1.82) is 0 Å². The Kier molecular flexibility index (Phi) is 5.97. The SMILES string of the molecule is CC(C)c1ccc2c(n1)oc1c(-c3nc4ccccc4n3-c3c(C(C)C)cc4ccccc4c3C(C)C)cccc12. The van der Waals surface area contributed by atoms with Crippen molar-refractivity contribution < 1.29 is 4.42 Å². The molecular formula is C37H35N3O. The third-order valence-corrected chi connectivity index (χ3v) is 8.29. The molecule has 0 aliphatic carbocycles. The number of aromatic nitrogens is 3. The topological polar surface area (TPSA) is 43.9 Å². The third-order valence-electron chi connectivity index (χ3n) is 8.29. The molecule has 0 aliphatic rings. The number of furan rings is 1. The Labute approximate surface area is 240 Å². The lowest BCUT2D eigenvalue weighted by molar-refractivity contribution is 0.648. The van der Waals surface area contributed by atoms with E-state index < -0.39 is 0 Å². The molecule has 0 amide bonds. The molecule has 204 valence electrons. The van der Waals surface area contributed by atoms with Crippen molar-refractivity contribution in [1.82, 2.24) is 14.5 Å². The van der Waals surface area contributed by atoms with Crippen molar-refractivity contribution in [3.8, 4) is 17.1 Å². The molecule has 7 aromatic rings. The highest BCUT2D eigenvalue weighted by Crippen LogP contribution is 2.43. The lowest BCUT2D eigenvalue weighted by atomic mass is 9.87. The van der Waals surface area contributed by atoms with E-state index in [0.29, 0.717) is 23.5 Å². The number of hydrogen-bond donors (Lipinski definition) is 0. The Morgan fingerprint density at radius 1 is 0.659 bits per heavy atom. The summed E-state index contributed by atoms with van der Waals surface area (Å²) in [5.74, 6) is 1.84. The standard InChI is InChI=1S/C37H35N3O/c1-21(2)29-20-24-12-7-8-13-25(24)33(23(5)6)34(29)40-32-17-10-9-16-31(32)38-36(40)28-15-11-14-26-27-18-19-30(22(3)4)39-37(27)41-35(26)28/h7-23H,1-6H3. The second-order valence-electron chi connectivity index (χ2n) is 12.0. The van der Waals surface area contributed by atoms with Crippen LogP contribution in [0, 0.1) is 0 Å². The van der Waals surface area contributed by atoms with Crippen LogP contribution in [-0.4, -0.2) is 14.5 Å². The molecule has 7 rings (SSSR count). The van der Waals surface area contributed by atoms with Crippen molar-refractivity contribution >= 4 is 43.9 Å². The van der Waals surface area contributed by atoms with Crippen molar-refractivity contribution in [2.45, 2.75) is 59.3 Å². The van der Waals surface area contributed by atoms with Crippen molar-refractivity contribution in [2.75, 3.05) is 0 Å². The van der Waals surface area contributed by atoms with Gasteiger partial charge in [-0.2, -0.15) is 0 Å². The van der Waals surface area contributed by atoms with Gasteiger partial charge in [-0.3, -0.25) is 4.57 Å². The monoisotopic (exact) mass is 537 g/mol. The Morgan fingerprint density at radius 3 is 2.20 bits per heavy atom. The van der Waals surface area contributed by atoms with E-state index >= 15 is 0 Å². The summed E-state index contributed by atoms with van der Waals surface area (Å²) >= 11 is 0. The molecule has 4 aromatic carbocycles. The number of fused-ring (bicyclic) bond motifs is 5. The van der Waals surface area contributed by atoms with Crippen molar-refractivity contribution in [3.63, 3.8) is 0 Å². The fourth-order valence-electron chi connectivity index (χ4n) is 6.29. The molecule has 41 heavy (non-hydrogen) atoms. The molecule has 4 heteroatoms. The maximum atomic E-state index is 6.58. The zero-order valence-electron chi connectivity index (χ0n) is 24.6. The average Bonchev–Trinajstić information content (AvgIpc) is 3.54. The normalized spacial score (nSPS) is 12.3. The van der Waals surface area contributed by atoms with E-state index in [1.165, 1.54) is 27.6 Å². The van der Waals surface area contributed by atoms with E-state index in [2.05, 4.69) is 131 Å². The van der Waals surface area contributed by atoms with Crippen LogP contribution >= 0.6 is 0 Å². The zero-order valence-corrected chi connectivity index (χ0v) is 24.6. The van der Waals surface area contributed by atoms with Crippen LogP contribution in [0.4, 0.5) is 0 Å². The summed E-state index contributed by atoms with van der Waals surface area (Å²) in [5, 5.41) is 4.66. The molecule has 0 saturated heterocycles. The van der Waals surface area contributed by atoms with Gasteiger partial charge >= 0.3 is 0 Å². The van der Waals surface area contributed by atoms with Crippen LogP contribution in [-0.2, 0) is 0 Å². The van der Waals surface area contributed by atoms with E-state index in [1.807, 2.05) is 0 Å². The van der Waals surface area contributed by atoms with Gasteiger partial charge in [0.15, 0.2) is 0 Å². The van der Waals surface area contributed by atoms with Crippen LogP contribution in [0.25, 0.3) is 61.0 Å². The lowest BCUT2D eigenvalue weighted by Crippen LogP contribution is -2.09. The second kappa shape index (κ2) is 9.59. The van der Waals surface area contributed by atoms with E-state index in [1.54, 1.807) is 0 Å². The fraction of sp³-hybridized carbons (Fsp3) is 0.243. The van der Waals surface area contributed by atoms with Gasteiger partial charge in [0.1, 0.15) is 11.4 Å². The highest BCUT2D eigenvalue weighted by molar-refractivity contribution is 6.08. The van der Waals surface area contributed by atoms with Crippen LogP contribution in [0.2, 0.25) is 0 Å². The van der Waals surface area contributed by atoms with E-state index in [4.69, 9.17) is 14.4 Å². The van der Waals surface area contributed by atoms with Crippen molar-refractivity contribution in [2.24, 2.45) is 0 Å². The van der Waals surface area contributed by atoms with Gasteiger partial charge in [0.2, 0.25) is 5.71 Å². The molecule has 3 aromatic heterocycles.